The van der Waals surface area contributed by atoms with Gasteiger partial charge in [0.1, 0.15) is 6.04 Å². The summed E-state index contributed by atoms with van der Waals surface area (Å²) < 4.78 is 4.74. The molecule has 0 fully saturated rings. The van der Waals surface area contributed by atoms with Gasteiger partial charge in [0.2, 0.25) is 5.91 Å². The van der Waals surface area contributed by atoms with Gasteiger partial charge in [-0.25, -0.2) is 4.79 Å². The fourth-order valence-electron chi connectivity index (χ4n) is 1.95. The number of esters is 1. The van der Waals surface area contributed by atoms with Crippen LogP contribution in [0.3, 0.4) is 0 Å². The lowest BCUT2D eigenvalue weighted by Crippen LogP contribution is -2.45. The molecule has 0 saturated heterocycles. The Labute approximate surface area is 130 Å². The molecule has 5 heteroatoms. The average molecular weight is 312 g/mol. The van der Waals surface area contributed by atoms with Gasteiger partial charge < -0.3 is 10.1 Å². The number of halogens is 1. The van der Waals surface area contributed by atoms with Gasteiger partial charge in [0.25, 0.3) is 0 Å². The lowest BCUT2D eigenvalue weighted by Gasteiger charge is -2.21. The van der Waals surface area contributed by atoms with Crippen molar-refractivity contribution in [2.75, 3.05) is 7.11 Å². The topological polar surface area (TPSA) is 55.4 Å². The van der Waals surface area contributed by atoms with Gasteiger partial charge in [-0.05, 0) is 30.0 Å². The fraction of sp³-hybridized carbons (Fsp3) is 0.500. The summed E-state index contributed by atoms with van der Waals surface area (Å²) in [6.07, 6.45) is 1.72. The van der Waals surface area contributed by atoms with E-state index >= 15 is 0 Å². The molecule has 116 valence electrons. The Balaban J connectivity index is 2.53. The molecule has 0 aromatic heterocycles. The summed E-state index contributed by atoms with van der Waals surface area (Å²) in [7, 11) is 1.33. The fourth-order valence-corrected chi connectivity index (χ4v) is 2.08. The highest BCUT2D eigenvalue weighted by molar-refractivity contribution is 6.30. The highest BCUT2D eigenvalue weighted by Gasteiger charge is 2.26. The minimum absolute atomic E-state index is 0.0388. The van der Waals surface area contributed by atoms with Crippen LogP contribution in [-0.4, -0.2) is 25.0 Å². The smallest absolute Gasteiger partial charge is 0.328 e. The number of nitrogens with one attached hydrogen (secondary N) is 1. The molecule has 1 rings (SSSR count). The summed E-state index contributed by atoms with van der Waals surface area (Å²) in [5.74, 6) is -0.512. The zero-order valence-electron chi connectivity index (χ0n) is 12.7. The number of carbonyl (C=O) groups excluding carboxylic acids is 2. The number of hydrogen-bond donors (Lipinski definition) is 1. The second-order valence-electron chi connectivity index (χ2n) is 5.08. The summed E-state index contributed by atoms with van der Waals surface area (Å²) in [4.78, 5) is 23.7. The van der Waals surface area contributed by atoms with Crippen LogP contribution in [-0.2, 0) is 20.7 Å². The van der Waals surface area contributed by atoms with Gasteiger partial charge in [0.15, 0.2) is 0 Å². The molecule has 2 unspecified atom stereocenters. The number of rotatable bonds is 7. The van der Waals surface area contributed by atoms with E-state index in [1.54, 1.807) is 12.1 Å². The Morgan fingerprint density at radius 2 is 1.90 bits per heavy atom. The van der Waals surface area contributed by atoms with E-state index in [0.29, 0.717) is 17.9 Å². The maximum atomic E-state index is 12.0. The molecule has 21 heavy (non-hydrogen) atoms. The van der Waals surface area contributed by atoms with Gasteiger partial charge in [-0.15, -0.1) is 0 Å². The average Bonchev–Trinajstić information content (AvgIpc) is 2.50. The van der Waals surface area contributed by atoms with Crippen molar-refractivity contribution < 1.29 is 14.3 Å². The van der Waals surface area contributed by atoms with Crippen LogP contribution in [0.1, 0.15) is 32.3 Å². The van der Waals surface area contributed by atoms with E-state index in [1.807, 2.05) is 26.0 Å². The molecule has 1 N–H and O–H groups in total. The van der Waals surface area contributed by atoms with Gasteiger partial charge in [0.05, 0.1) is 7.11 Å². The van der Waals surface area contributed by atoms with Crippen molar-refractivity contribution in [2.45, 2.75) is 39.2 Å². The van der Waals surface area contributed by atoms with Crippen molar-refractivity contribution in [3.63, 3.8) is 0 Å². The molecule has 1 amide bonds. The summed E-state index contributed by atoms with van der Waals surface area (Å²) in [5, 5.41) is 3.43. The van der Waals surface area contributed by atoms with Gasteiger partial charge in [-0.1, -0.05) is 44.0 Å². The lowest BCUT2D eigenvalue weighted by molar-refractivity contribution is -0.146. The number of benzene rings is 1. The molecule has 1 aromatic carbocycles. The molecule has 0 heterocycles. The van der Waals surface area contributed by atoms with E-state index in [4.69, 9.17) is 16.3 Å². The summed E-state index contributed by atoms with van der Waals surface area (Å²) >= 11 is 5.81. The largest absolute Gasteiger partial charge is 0.467 e. The molecule has 2 atom stereocenters. The number of methoxy groups -OCH3 is 1. The number of ether oxygens (including phenoxy) is 1. The maximum Gasteiger partial charge on any atom is 0.328 e. The van der Waals surface area contributed by atoms with Gasteiger partial charge >= 0.3 is 5.97 Å². The van der Waals surface area contributed by atoms with E-state index in [0.717, 1.165) is 12.0 Å². The number of amides is 1. The van der Waals surface area contributed by atoms with E-state index in [9.17, 15) is 9.59 Å². The van der Waals surface area contributed by atoms with E-state index in [2.05, 4.69) is 5.32 Å². The van der Waals surface area contributed by atoms with E-state index < -0.39 is 12.0 Å². The molecule has 0 bridgehead atoms. The third-order valence-electron chi connectivity index (χ3n) is 3.54. The zero-order chi connectivity index (χ0) is 15.8. The predicted octanol–water partition coefficient (Wildman–Crippen LogP) is 2.98. The van der Waals surface area contributed by atoms with E-state index in [1.165, 1.54) is 7.11 Å². The van der Waals surface area contributed by atoms with Crippen LogP contribution in [0.4, 0.5) is 0 Å². The zero-order valence-corrected chi connectivity index (χ0v) is 13.4. The Morgan fingerprint density at radius 3 is 2.43 bits per heavy atom. The first-order chi connectivity index (χ1) is 9.97. The highest BCUT2D eigenvalue weighted by Crippen LogP contribution is 2.12. The van der Waals surface area contributed by atoms with Crippen molar-refractivity contribution in [1.29, 1.82) is 0 Å². The van der Waals surface area contributed by atoms with Crippen LogP contribution in [0.2, 0.25) is 5.02 Å². The van der Waals surface area contributed by atoms with Gasteiger partial charge in [-0.2, -0.15) is 0 Å². The third kappa shape index (κ3) is 5.76. The number of hydrogen-bond acceptors (Lipinski definition) is 3. The predicted molar refractivity (Wildman–Crippen MR) is 83.2 cm³/mol. The molecule has 0 aliphatic carbocycles. The minimum Gasteiger partial charge on any atom is -0.467 e. The third-order valence-corrected chi connectivity index (χ3v) is 3.79. The number of aryl methyl sites for hydroxylation is 1. The Bertz CT molecular complexity index is 473. The van der Waals surface area contributed by atoms with Crippen molar-refractivity contribution >= 4 is 23.5 Å². The molecular formula is C16H22ClNO3. The second-order valence-corrected chi connectivity index (χ2v) is 5.52. The van der Waals surface area contributed by atoms with Crippen LogP contribution in [0.15, 0.2) is 24.3 Å². The highest BCUT2D eigenvalue weighted by atomic mass is 35.5. The van der Waals surface area contributed by atoms with E-state index in [-0.39, 0.29) is 11.8 Å². The molecule has 0 aliphatic heterocycles. The second kappa shape index (κ2) is 8.67. The van der Waals surface area contributed by atoms with Crippen LogP contribution in [0.25, 0.3) is 0 Å². The summed E-state index contributed by atoms with van der Waals surface area (Å²) in [6, 6.07) is 6.79. The van der Waals surface area contributed by atoms with Crippen molar-refractivity contribution in [3.8, 4) is 0 Å². The van der Waals surface area contributed by atoms with Crippen LogP contribution < -0.4 is 5.32 Å². The normalized spacial score (nSPS) is 13.3. The summed E-state index contributed by atoms with van der Waals surface area (Å²) in [5.41, 5.74) is 1.03. The van der Waals surface area contributed by atoms with Gasteiger partial charge in [-0.3, -0.25) is 4.79 Å². The molecule has 0 saturated carbocycles. The minimum atomic E-state index is -0.585. The Kier molecular flexibility index (Phi) is 7.23. The first-order valence-electron chi connectivity index (χ1n) is 7.09. The maximum absolute atomic E-state index is 12.0. The van der Waals surface area contributed by atoms with Crippen LogP contribution in [0.5, 0.6) is 0 Å². The SMILES string of the molecule is CCC(C)C(NC(=O)CCc1ccc(Cl)cc1)C(=O)OC. The van der Waals surface area contributed by atoms with Crippen molar-refractivity contribution in [3.05, 3.63) is 34.9 Å². The Morgan fingerprint density at radius 1 is 1.29 bits per heavy atom. The molecule has 0 radical (unpaired) electrons. The monoisotopic (exact) mass is 311 g/mol. The lowest BCUT2D eigenvalue weighted by atomic mass is 9.99. The number of carbonyl (C=O) groups is 2. The quantitative estimate of drug-likeness (QED) is 0.788. The molecular weight excluding hydrogens is 290 g/mol. The van der Waals surface area contributed by atoms with Crippen LogP contribution >= 0.6 is 11.6 Å². The standard InChI is InChI=1S/C16H22ClNO3/c1-4-11(2)15(16(20)21-3)18-14(19)10-7-12-5-8-13(17)9-6-12/h5-6,8-9,11,15H,4,7,10H2,1-3H3,(H,18,19). The van der Waals surface area contributed by atoms with Gasteiger partial charge in [0, 0.05) is 11.4 Å². The van der Waals surface area contributed by atoms with Crippen molar-refractivity contribution in [2.24, 2.45) is 5.92 Å². The molecule has 4 nitrogen and oxygen atoms in total. The van der Waals surface area contributed by atoms with Crippen molar-refractivity contribution in [1.82, 2.24) is 5.32 Å². The Hall–Kier alpha value is -1.55. The molecule has 0 aliphatic rings. The molecule has 1 aromatic rings. The first-order valence-corrected chi connectivity index (χ1v) is 7.47. The molecule has 0 spiro atoms. The van der Waals surface area contributed by atoms with Crippen LogP contribution in [0, 0.1) is 5.92 Å². The first kappa shape index (κ1) is 17.5. The summed E-state index contributed by atoms with van der Waals surface area (Å²) in [6.45, 7) is 3.89.